The quantitative estimate of drug-likeness (QED) is 0.626. The molecule has 164 valence electrons. The molecule has 0 aromatic heterocycles. The minimum atomic E-state index is -3.94. The summed E-state index contributed by atoms with van der Waals surface area (Å²) in [6.45, 7) is 2.72. The number of rotatable bonds is 6. The number of morpholine rings is 1. The van der Waals surface area contributed by atoms with E-state index in [9.17, 15) is 18.0 Å². The van der Waals surface area contributed by atoms with Crippen LogP contribution in [-0.4, -0.2) is 59.4 Å². The molecular weight excluding hydrogens is 424 g/mol. The predicted molar refractivity (Wildman–Crippen MR) is 112 cm³/mol. The van der Waals surface area contributed by atoms with E-state index in [0.29, 0.717) is 24.5 Å². The summed E-state index contributed by atoms with van der Waals surface area (Å²) in [7, 11) is -3.94. The van der Waals surface area contributed by atoms with Crippen LogP contribution in [0.3, 0.4) is 0 Å². The smallest absolute Gasteiger partial charge is 0.414 e. The van der Waals surface area contributed by atoms with Crippen molar-refractivity contribution in [2.45, 2.75) is 17.9 Å². The number of hydrogen-bond donors (Lipinski definition) is 0. The first-order chi connectivity index (χ1) is 14.8. The molecule has 0 aliphatic carbocycles. The molecule has 10 heteroatoms. The molecular formula is C21H22N2O7S. The van der Waals surface area contributed by atoms with E-state index in [1.807, 2.05) is 6.92 Å². The fraction of sp³-hybridized carbons (Fsp3) is 0.333. The summed E-state index contributed by atoms with van der Waals surface area (Å²) in [6.07, 6.45) is -1.32. The third-order valence-electron chi connectivity index (χ3n) is 5.05. The van der Waals surface area contributed by atoms with Gasteiger partial charge in [-0.25, -0.2) is 4.79 Å². The van der Waals surface area contributed by atoms with Gasteiger partial charge in [-0.15, -0.1) is 0 Å². The van der Waals surface area contributed by atoms with Crippen molar-refractivity contribution in [3.63, 3.8) is 0 Å². The number of aryl methyl sites for hydroxylation is 1. The van der Waals surface area contributed by atoms with Gasteiger partial charge in [0.1, 0.15) is 19.3 Å². The summed E-state index contributed by atoms with van der Waals surface area (Å²) in [5.41, 5.74) is 2.23. The van der Waals surface area contributed by atoms with Crippen LogP contribution in [0.2, 0.25) is 0 Å². The monoisotopic (exact) mass is 446 g/mol. The van der Waals surface area contributed by atoms with Gasteiger partial charge in [0.2, 0.25) is 0 Å². The summed E-state index contributed by atoms with van der Waals surface area (Å²) in [5.74, 6) is -0.119. The first-order valence-electron chi connectivity index (χ1n) is 9.76. The molecule has 2 aliphatic heterocycles. The van der Waals surface area contributed by atoms with Gasteiger partial charge in [0.05, 0.1) is 18.0 Å². The molecule has 0 bridgehead atoms. The topological polar surface area (TPSA) is 102 Å². The SMILES string of the molecule is Cc1ccc(S(=O)(=O)OCC2CN(c3ccc(N4CCOCC4=O)cc3)C(=O)O2)cc1. The Morgan fingerprint density at radius 2 is 1.65 bits per heavy atom. The van der Waals surface area contributed by atoms with E-state index in [4.69, 9.17) is 13.7 Å². The molecule has 2 aromatic rings. The lowest BCUT2D eigenvalue weighted by atomic mass is 10.2. The second-order valence-corrected chi connectivity index (χ2v) is 8.90. The van der Waals surface area contributed by atoms with Crippen molar-refractivity contribution in [1.82, 2.24) is 0 Å². The van der Waals surface area contributed by atoms with Gasteiger partial charge >= 0.3 is 6.09 Å². The molecule has 0 spiro atoms. The summed E-state index contributed by atoms with van der Waals surface area (Å²) in [5, 5.41) is 0. The Morgan fingerprint density at radius 3 is 2.29 bits per heavy atom. The highest BCUT2D eigenvalue weighted by Crippen LogP contribution is 2.26. The Balaban J connectivity index is 1.38. The van der Waals surface area contributed by atoms with Crippen molar-refractivity contribution >= 4 is 33.5 Å². The first kappa shape index (κ1) is 21.3. The van der Waals surface area contributed by atoms with Gasteiger partial charge in [0.25, 0.3) is 16.0 Å². The van der Waals surface area contributed by atoms with Gasteiger partial charge in [0.15, 0.2) is 0 Å². The third-order valence-corrected chi connectivity index (χ3v) is 6.35. The number of hydrogen-bond acceptors (Lipinski definition) is 7. The molecule has 2 fully saturated rings. The maximum absolute atomic E-state index is 12.3. The summed E-state index contributed by atoms with van der Waals surface area (Å²) in [4.78, 5) is 27.3. The van der Waals surface area contributed by atoms with Crippen molar-refractivity contribution in [2.75, 3.05) is 42.7 Å². The normalized spacial score (nSPS) is 19.6. The molecule has 4 rings (SSSR count). The van der Waals surface area contributed by atoms with E-state index < -0.39 is 22.3 Å². The van der Waals surface area contributed by atoms with Gasteiger partial charge in [-0.2, -0.15) is 8.42 Å². The molecule has 2 heterocycles. The van der Waals surface area contributed by atoms with Gasteiger partial charge in [-0.3, -0.25) is 13.9 Å². The zero-order chi connectivity index (χ0) is 22.0. The second kappa shape index (κ2) is 8.66. The summed E-state index contributed by atoms with van der Waals surface area (Å²) < 4.78 is 40.1. The zero-order valence-electron chi connectivity index (χ0n) is 16.9. The lowest BCUT2D eigenvalue weighted by Gasteiger charge is -2.27. The number of carbonyl (C=O) groups is 2. The maximum atomic E-state index is 12.3. The number of cyclic esters (lactones) is 1. The average Bonchev–Trinajstić information content (AvgIpc) is 3.14. The van der Waals surface area contributed by atoms with Gasteiger partial charge in [-0.1, -0.05) is 17.7 Å². The van der Waals surface area contributed by atoms with E-state index in [1.54, 1.807) is 41.3 Å². The number of benzene rings is 2. The standard InChI is InChI=1S/C21H22N2O7S/c1-15-2-8-19(9-3-15)31(26,27)29-13-18-12-23(21(25)30-18)17-6-4-16(5-7-17)22-10-11-28-14-20(22)24/h2-9,18H,10-14H2,1H3. The fourth-order valence-electron chi connectivity index (χ4n) is 3.36. The number of ether oxygens (including phenoxy) is 2. The Labute approximate surface area is 180 Å². The molecule has 0 saturated carbocycles. The molecule has 0 N–H and O–H groups in total. The van der Waals surface area contributed by atoms with E-state index >= 15 is 0 Å². The second-order valence-electron chi connectivity index (χ2n) is 7.28. The van der Waals surface area contributed by atoms with Crippen LogP contribution in [-0.2, 0) is 28.6 Å². The van der Waals surface area contributed by atoms with Crippen molar-refractivity contribution < 1.29 is 31.7 Å². The molecule has 9 nitrogen and oxygen atoms in total. The minimum Gasteiger partial charge on any atom is -0.441 e. The van der Waals surface area contributed by atoms with Crippen LogP contribution in [0, 0.1) is 6.92 Å². The highest BCUT2D eigenvalue weighted by atomic mass is 32.2. The molecule has 0 radical (unpaired) electrons. The summed E-state index contributed by atoms with van der Waals surface area (Å²) in [6, 6.07) is 13.2. The highest BCUT2D eigenvalue weighted by molar-refractivity contribution is 7.86. The zero-order valence-corrected chi connectivity index (χ0v) is 17.7. The predicted octanol–water partition coefficient (Wildman–Crippen LogP) is 2.09. The molecule has 2 amide bonds. The van der Waals surface area contributed by atoms with Crippen molar-refractivity contribution in [3.05, 3.63) is 54.1 Å². The van der Waals surface area contributed by atoms with Crippen molar-refractivity contribution in [2.24, 2.45) is 0 Å². The number of anilines is 2. The Bertz CT molecular complexity index is 1070. The fourth-order valence-corrected chi connectivity index (χ4v) is 4.30. The number of carbonyl (C=O) groups excluding carboxylic acids is 2. The largest absolute Gasteiger partial charge is 0.441 e. The minimum absolute atomic E-state index is 0.0486. The highest BCUT2D eigenvalue weighted by Gasteiger charge is 2.34. The van der Waals surface area contributed by atoms with Gasteiger partial charge in [0, 0.05) is 17.9 Å². The van der Waals surface area contributed by atoms with E-state index in [-0.39, 0.29) is 30.6 Å². The molecule has 31 heavy (non-hydrogen) atoms. The van der Waals surface area contributed by atoms with Crippen LogP contribution < -0.4 is 9.80 Å². The molecule has 1 unspecified atom stereocenters. The van der Waals surface area contributed by atoms with Crippen LogP contribution in [0.15, 0.2) is 53.4 Å². The Morgan fingerprint density at radius 1 is 1.00 bits per heavy atom. The third kappa shape index (κ3) is 4.71. The lowest BCUT2D eigenvalue weighted by Crippen LogP contribution is -2.41. The Kier molecular flexibility index (Phi) is 5.94. The molecule has 2 saturated heterocycles. The van der Waals surface area contributed by atoms with Crippen LogP contribution in [0.4, 0.5) is 16.2 Å². The van der Waals surface area contributed by atoms with Crippen LogP contribution in [0.5, 0.6) is 0 Å². The molecule has 2 aliphatic rings. The Hall–Kier alpha value is -2.95. The average molecular weight is 446 g/mol. The van der Waals surface area contributed by atoms with Gasteiger partial charge < -0.3 is 14.4 Å². The summed E-state index contributed by atoms with van der Waals surface area (Å²) >= 11 is 0. The van der Waals surface area contributed by atoms with Crippen molar-refractivity contribution in [3.8, 4) is 0 Å². The van der Waals surface area contributed by atoms with Crippen LogP contribution in [0.1, 0.15) is 5.56 Å². The van der Waals surface area contributed by atoms with E-state index in [0.717, 1.165) is 5.56 Å². The van der Waals surface area contributed by atoms with Crippen LogP contribution >= 0.6 is 0 Å². The van der Waals surface area contributed by atoms with Gasteiger partial charge in [-0.05, 0) is 43.3 Å². The van der Waals surface area contributed by atoms with E-state index in [1.165, 1.54) is 17.0 Å². The molecule has 2 aromatic carbocycles. The molecule has 1 atom stereocenters. The maximum Gasteiger partial charge on any atom is 0.414 e. The lowest BCUT2D eigenvalue weighted by molar-refractivity contribution is -0.125. The number of amides is 2. The van der Waals surface area contributed by atoms with Crippen molar-refractivity contribution in [1.29, 1.82) is 0 Å². The van der Waals surface area contributed by atoms with E-state index in [2.05, 4.69) is 0 Å². The first-order valence-corrected chi connectivity index (χ1v) is 11.2. The number of nitrogens with zero attached hydrogens (tertiary/aromatic N) is 2. The van der Waals surface area contributed by atoms with Crippen LogP contribution in [0.25, 0.3) is 0 Å².